The highest BCUT2D eigenvalue weighted by molar-refractivity contribution is 6.31. The maximum absolute atomic E-state index is 5.98. The predicted octanol–water partition coefficient (Wildman–Crippen LogP) is 4.09. The molecule has 0 aliphatic heterocycles. The van der Waals surface area contributed by atoms with Gasteiger partial charge in [-0.25, -0.2) is 0 Å². The van der Waals surface area contributed by atoms with E-state index in [1.807, 2.05) is 25.1 Å². The van der Waals surface area contributed by atoms with Crippen molar-refractivity contribution in [2.24, 2.45) is 0 Å². The van der Waals surface area contributed by atoms with E-state index >= 15 is 0 Å². The first-order valence-electron chi connectivity index (χ1n) is 7.05. The lowest BCUT2D eigenvalue weighted by atomic mass is 10.2. The quantitative estimate of drug-likeness (QED) is 0.616. The molecule has 0 bridgehead atoms. The number of benzene rings is 2. The molecular weight excluding hydrogens is 302 g/mol. The summed E-state index contributed by atoms with van der Waals surface area (Å²) < 4.78 is 16.6. The minimum atomic E-state index is 0.535. The minimum absolute atomic E-state index is 0.535. The van der Waals surface area contributed by atoms with E-state index in [0.717, 1.165) is 22.8 Å². The number of nitrogen functional groups attached to an aromatic ring is 1. The molecule has 0 fully saturated rings. The van der Waals surface area contributed by atoms with E-state index in [0.29, 0.717) is 30.4 Å². The lowest BCUT2D eigenvalue weighted by molar-refractivity contribution is 0.240. The molecule has 2 N–H and O–H groups in total. The highest BCUT2D eigenvalue weighted by atomic mass is 35.5. The van der Waals surface area contributed by atoms with Crippen LogP contribution < -0.4 is 19.9 Å². The first-order chi connectivity index (χ1) is 10.6. The van der Waals surface area contributed by atoms with Crippen LogP contribution in [0.2, 0.25) is 5.02 Å². The first-order valence-corrected chi connectivity index (χ1v) is 7.43. The van der Waals surface area contributed by atoms with Crippen molar-refractivity contribution in [1.29, 1.82) is 0 Å². The van der Waals surface area contributed by atoms with Crippen molar-refractivity contribution >= 4 is 17.3 Å². The van der Waals surface area contributed by atoms with Crippen molar-refractivity contribution in [2.45, 2.75) is 13.3 Å². The van der Waals surface area contributed by atoms with Gasteiger partial charge in [0.1, 0.15) is 5.75 Å². The Bertz CT molecular complexity index is 631. The number of rotatable bonds is 7. The summed E-state index contributed by atoms with van der Waals surface area (Å²) in [6, 6.07) is 10.9. The number of methoxy groups -OCH3 is 1. The number of ether oxygens (including phenoxy) is 3. The second kappa shape index (κ2) is 7.80. The summed E-state index contributed by atoms with van der Waals surface area (Å²) in [5.74, 6) is 2.13. The van der Waals surface area contributed by atoms with E-state index in [-0.39, 0.29) is 0 Å². The molecule has 0 aliphatic rings. The summed E-state index contributed by atoms with van der Waals surface area (Å²) >= 11 is 5.98. The Hall–Kier alpha value is -2.07. The van der Waals surface area contributed by atoms with Crippen molar-refractivity contribution in [3.05, 3.63) is 47.0 Å². The van der Waals surface area contributed by atoms with Gasteiger partial charge in [-0.15, -0.1) is 0 Å². The normalized spacial score (nSPS) is 10.3. The molecule has 0 aliphatic carbocycles. The monoisotopic (exact) mass is 321 g/mol. The number of hydrogen-bond acceptors (Lipinski definition) is 4. The molecule has 118 valence electrons. The Labute approximate surface area is 135 Å². The van der Waals surface area contributed by atoms with Crippen molar-refractivity contribution in [1.82, 2.24) is 0 Å². The third-order valence-corrected chi connectivity index (χ3v) is 3.56. The molecule has 2 aromatic rings. The third kappa shape index (κ3) is 4.46. The van der Waals surface area contributed by atoms with Gasteiger partial charge in [-0.3, -0.25) is 0 Å². The van der Waals surface area contributed by atoms with Gasteiger partial charge in [0.25, 0.3) is 0 Å². The Morgan fingerprint density at radius 2 is 1.77 bits per heavy atom. The van der Waals surface area contributed by atoms with E-state index in [1.54, 1.807) is 25.3 Å². The molecule has 5 heteroatoms. The topological polar surface area (TPSA) is 53.7 Å². The van der Waals surface area contributed by atoms with Crippen LogP contribution in [-0.2, 0) is 0 Å². The molecule has 0 saturated carbocycles. The van der Waals surface area contributed by atoms with Gasteiger partial charge < -0.3 is 19.9 Å². The summed E-state index contributed by atoms with van der Waals surface area (Å²) in [6.07, 6.45) is 0.759. The maximum Gasteiger partial charge on any atom is 0.162 e. The van der Waals surface area contributed by atoms with Gasteiger partial charge in [0.2, 0.25) is 0 Å². The van der Waals surface area contributed by atoms with Crippen LogP contribution >= 0.6 is 11.6 Å². The average molecular weight is 322 g/mol. The Kier molecular flexibility index (Phi) is 5.78. The van der Waals surface area contributed by atoms with Gasteiger partial charge in [-0.1, -0.05) is 11.6 Å². The first kappa shape index (κ1) is 16.3. The highest BCUT2D eigenvalue weighted by Gasteiger charge is 2.04. The molecule has 2 aromatic carbocycles. The van der Waals surface area contributed by atoms with E-state index in [4.69, 9.17) is 31.5 Å². The van der Waals surface area contributed by atoms with Gasteiger partial charge in [0.05, 0.1) is 20.3 Å². The van der Waals surface area contributed by atoms with Crippen molar-refractivity contribution in [3.63, 3.8) is 0 Å². The number of aryl methyl sites for hydroxylation is 1. The average Bonchev–Trinajstić information content (AvgIpc) is 2.51. The van der Waals surface area contributed by atoms with Gasteiger partial charge >= 0.3 is 0 Å². The second-order valence-electron chi connectivity index (χ2n) is 4.87. The molecule has 2 rings (SSSR count). The smallest absolute Gasteiger partial charge is 0.162 e. The lowest BCUT2D eigenvalue weighted by Gasteiger charge is -2.12. The van der Waals surface area contributed by atoms with Gasteiger partial charge in [0, 0.05) is 23.2 Å². The number of hydrogen-bond donors (Lipinski definition) is 1. The van der Waals surface area contributed by atoms with E-state index in [9.17, 15) is 0 Å². The minimum Gasteiger partial charge on any atom is -0.493 e. The predicted molar refractivity (Wildman–Crippen MR) is 89.2 cm³/mol. The van der Waals surface area contributed by atoms with Crippen LogP contribution in [0.4, 0.5) is 5.69 Å². The zero-order chi connectivity index (χ0) is 15.9. The van der Waals surface area contributed by atoms with Crippen molar-refractivity contribution < 1.29 is 14.2 Å². The van der Waals surface area contributed by atoms with Crippen LogP contribution in [-0.4, -0.2) is 20.3 Å². The number of halogens is 1. The van der Waals surface area contributed by atoms with Crippen LogP contribution in [0.5, 0.6) is 17.2 Å². The molecule has 0 spiro atoms. The second-order valence-corrected chi connectivity index (χ2v) is 5.28. The van der Waals surface area contributed by atoms with Crippen molar-refractivity contribution in [2.75, 3.05) is 26.1 Å². The molecule has 0 atom stereocenters. The fraction of sp³-hybridized carbons (Fsp3) is 0.294. The zero-order valence-corrected chi connectivity index (χ0v) is 13.5. The van der Waals surface area contributed by atoms with E-state index in [1.165, 1.54) is 0 Å². The van der Waals surface area contributed by atoms with Crippen molar-refractivity contribution in [3.8, 4) is 17.2 Å². The summed E-state index contributed by atoms with van der Waals surface area (Å²) in [7, 11) is 1.59. The molecule has 4 nitrogen and oxygen atoms in total. The van der Waals surface area contributed by atoms with Gasteiger partial charge in [-0.05, 0) is 42.8 Å². The molecule has 22 heavy (non-hydrogen) atoms. The summed E-state index contributed by atoms with van der Waals surface area (Å²) in [4.78, 5) is 0. The largest absolute Gasteiger partial charge is 0.493 e. The molecular formula is C17H20ClNO3. The number of nitrogens with two attached hydrogens (primary N) is 1. The summed E-state index contributed by atoms with van der Waals surface area (Å²) in [6.45, 7) is 3.05. The van der Waals surface area contributed by atoms with Crippen LogP contribution in [0.1, 0.15) is 12.0 Å². The Morgan fingerprint density at radius 1 is 1.00 bits per heavy atom. The number of anilines is 1. The van der Waals surface area contributed by atoms with Crippen LogP contribution in [0.25, 0.3) is 0 Å². The Morgan fingerprint density at radius 3 is 2.50 bits per heavy atom. The van der Waals surface area contributed by atoms with Gasteiger partial charge in [-0.2, -0.15) is 0 Å². The molecule has 0 unspecified atom stereocenters. The van der Waals surface area contributed by atoms with Crippen LogP contribution in [0, 0.1) is 6.92 Å². The fourth-order valence-corrected chi connectivity index (χ4v) is 2.06. The summed E-state index contributed by atoms with van der Waals surface area (Å²) in [5.41, 5.74) is 7.35. The Balaban J connectivity index is 1.76. The van der Waals surface area contributed by atoms with Gasteiger partial charge in [0.15, 0.2) is 11.5 Å². The van der Waals surface area contributed by atoms with E-state index in [2.05, 4.69) is 0 Å². The SMILES string of the molecule is COc1cc(N)ccc1OCCCOc1ccc(Cl)c(C)c1. The van der Waals surface area contributed by atoms with Crippen LogP contribution in [0.3, 0.4) is 0 Å². The molecule has 0 saturated heterocycles. The maximum atomic E-state index is 5.98. The molecule has 0 amide bonds. The van der Waals surface area contributed by atoms with E-state index < -0.39 is 0 Å². The fourth-order valence-electron chi connectivity index (χ4n) is 1.94. The zero-order valence-electron chi connectivity index (χ0n) is 12.8. The molecule has 0 heterocycles. The summed E-state index contributed by atoms with van der Waals surface area (Å²) in [5, 5.41) is 0.742. The van der Waals surface area contributed by atoms with Crippen LogP contribution in [0.15, 0.2) is 36.4 Å². The third-order valence-electron chi connectivity index (χ3n) is 3.13. The highest BCUT2D eigenvalue weighted by Crippen LogP contribution is 2.29. The molecule has 0 radical (unpaired) electrons. The molecule has 0 aromatic heterocycles. The lowest BCUT2D eigenvalue weighted by Crippen LogP contribution is -2.06. The standard InChI is InChI=1S/C17H20ClNO3/c1-12-10-14(5-6-15(12)18)21-8-3-9-22-16-7-4-13(19)11-17(16)20-2/h4-7,10-11H,3,8-9,19H2,1-2H3.